The van der Waals surface area contributed by atoms with Gasteiger partial charge in [0.25, 0.3) is 0 Å². The summed E-state index contributed by atoms with van der Waals surface area (Å²) in [5.74, 6) is -3.81. The third kappa shape index (κ3) is 23.3. The van der Waals surface area contributed by atoms with E-state index in [0.717, 1.165) is 27.7 Å². The number of aliphatic hydroxyl groups excluding tert-OH is 29. The molecule has 9 heterocycles. The minimum absolute atomic E-state index is 0.827. The van der Waals surface area contributed by atoms with Crippen LogP contribution in [0.3, 0.4) is 0 Å². The van der Waals surface area contributed by atoms with Gasteiger partial charge in [-0.2, -0.15) is 0 Å². The van der Waals surface area contributed by atoms with E-state index in [-0.39, 0.29) is 0 Å². The van der Waals surface area contributed by atoms with Crippen molar-refractivity contribution in [3.63, 3.8) is 0 Å². The third-order valence-corrected chi connectivity index (χ3v) is 22.1. The minimum atomic E-state index is -2.63. The molecule has 49 atom stereocenters. The number of nitrogens with one attached hydrogen (secondary N) is 4. The smallest absolute Gasteiger partial charge is 0.217 e. The van der Waals surface area contributed by atoms with Gasteiger partial charge in [-0.15, -0.1) is 0 Å². The Labute approximate surface area is 696 Å². The van der Waals surface area contributed by atoms with E-state index in [0.29, 0.717) is 0 Å². The molecule has 55 heteroatoms. The number of rotatable bonds is 36. The fourth-order valence-electron chi connectivity index (χ4n) is 15.5. The molecule has 714 valence electrons. The first-order valence-corrected chi connectivity index (χ1v) is 39.1. The molecular weight excluding hydrogens is 1690 g/mol. The summed E-state index contributed by atoms with van der Waals surface area (Å²) in [5.41, 5.74) is 0. The molecule has 9 rings (SSSR count). The number of hydrogen-bond acceptors (Lipinski definition) is 51. The number of amides is 4. The predicted octanol–water partition coefficient (Wildman–Crippen LogP) is -22.6. The predicted molar refractivity (Wildman–Crippen MR) is 378 cm³/mol. The lowest BCUT2D eigenvalue weighted by molar-refractivity contribution is -0.399. The van der Waals surface area contributed by atoms with Crippen molar-refractivity contribution >= 4 is 23.6 Å². The summed E-state index contributed by atoms with van der Waals surface area (Å²) in [6.45, 7) is -8.85. The van der Waals surface area contributed by atoms with E-state index in [1.165, 1.54) is 0 Å². The van der Waals surface area contributed by atoms with Crippen LogP contribution in [-0.4, -0.2) is 545 Å². The Morgan fingerprint density at radius 1 is 0.276 bits per heavy atom. The Hall–Kier alpha value is -4.00. The molecule has 9 aliphatic heterocycles. The van der Waals surface area contributed by atoms with Gasteiger partial charge in [0, 0.05) is 27.7 Å². The van der Waals surface area contributed by atoms with Crippen LogP contribution in [0.2, 0.25) is 0 Å². The van der Waals surface area contributed by atoms with Gasteiger partial charge in [0.1, 0.15) is 238 Å². The highest BCUT2D eigenvalue weighted by Crippen LogP contribution is 2.41. The van der Waals surface area contributed by atoms with Crippen molar-refractivity contribution in [1.29, 1.82) is 0 Å². The Bertz CT molecular complexity index is 3250. The third-order valence-electron chi connectivity index (χ3n) is 22.1. The normalized spacial score (nSPS) is 46.7. The minimum Gasteiger partial charge on any atom is -0.394 e. The first-order valence-electron chi connectivity index (χ1n) is 39.1. The molecule has 123 heavy (non-hydrogen) atoms. The second-order valence-electron chi connectivity index (χ2n) is 30.7. The molecular formula is C68H116N4O51. The molecule has 55 nitrogen and oxygen atoms in total. The van der Waals surface area contributed by atoms with Crippen molar-refractivity contribution in [1.82, 2.24) is 21.3 Å². The lowest BCUT2D eigenvalue weighted by Crippen LogP contribution is -2.70. The van der Waals surface area contributed by atoms with Gasteiger partial charge < -0.3 is 255 Å². The summed E-state index contributed by atoms with van der Waals surface area (Å²) in [6.07, 6.45) is -96.6. The van der Waals surface area contributed by atoms with E-state index in [4.69, 9.17) is 85.3 Å². The van der Waals surface area contributed by atoms with Crippen molar-refractivity contribution in [3.05, 3.63) is 0 Å². The van der Waals surface area contributed by atoms with E-state index in [1.54, 1.807) is 0 Å². The highest BCUT2D eigenvalue weighted by Gasteiger charge is 2.62. The fraction of sp³-hybridized carbons (Fsp3) is 0.941. The van der Waals surface area contributed by atoms with Gasteiger partial charge in [0.15, 0.2) is 56.6 Å². The van der Waals surface area contributed by atoms with E-state index in [9.17, 15) is 167 Å². The molecule has 0 aromatic carbocycles. The van der Waals surface area contributed by atoms with Crippen molar-refractivity contribution in [2.24, 2.45) is 0 Å². The molecule has 9 fully saturated rings. The number of hydrogen-bond donors (Lipinski definition) is 33. The number of carbonyl (C=O) groups is 4. The average molecular weight is 1810 g/mol. The van der Waals surface area contributed by atoms with Crippen LogP contribution >= 0.6 is 0 Å². The topological polar surface area (TPSA) is 869 Å². The molecule has 33 N–H and O–H groups in total. The van der Waals surface area contributed by atoms with Gasteiger partial charge in [-0.1, -0.05) is 0 Å². The second kappa shape index (κ2) is 45.7. The van der Waals surface area contributed by atoms with Crippen molar-refractivity contribution in [2.75, 3.05) is 72.7 Å². The van der Waals surface area contributed by atoms with Gasteiger partial charge in [0.05, 0.1) is 78.7 Å². The zero-order valence-corrected chi connectivity index (χ0v) is 66.0. The highest BCUT2D eigenvalue weighted by atomic mass is 16.8. The van der Waals surface area contributed by atoms with E-state index < -0.39 is 397 Å². The zero-order valence-electron chi connectivity index (χ0n) is 66.0. The lowest BCUT2D eigenvalue weighted by Gasteiger charge is -2.51. The summed E-state index contributed by atoms with van der Waals surface area (Å²) in [6, 6.07) is -7.68. The SMILES string of the molecule is CC(=O)N[C@H]1[C@H](O[C@@H]([C@H](O)[C@H](CO)NC(C)=O)[C@H](O)CO)O[C@H](CO)[C@@H](O[C@@H]2O[C@H](CO[C@H]3O[C@H](CO)[C@@H](O)[C@H](O)[C@@H]3O[C@@H]3O[C@H](CO)[C@@H](O[C@@H]4O[C@H](CO)[C@H](O)[C@H](O[C@H]5O[C@H](CO)[C@H](O)[C@H](O)[C@H]5O)[C@H]4O)[C@H](O)[C@H]3NC(C)=O)[C@@H](O)[C@H](O[C@H]3O[C@H](CO)[C@@H](O)[C@H](O)[C@@H]3O[C@@H]3O[C@H](CO)[C@@H](O[C@@H]4O[C@H](CO)[C@H](O)[C@H](O)[C@H]4O)[C@H](O)[C@H]3NC(C)=O)[C@@H]2O)[C@@H]1O. The molecule has 0 radical (unpaired) electrons. The molecule has 0 bridgehead atoms. The lowest BCUT2D eigenvalue weighted by atomic mass is 9.94. The molecule has 0 aliphatic carbocycles. The quantitative estimate of drug-likeness (QED) is 0.0277. The van der Waals surface area contributed by atoms with Crippen LogP contribution in [0.1, 0.15) is 27.7 Å². The Morgan fingerprint density at radius 3 is 0.919 bits per heavy atom. The van der Waals surface area contributed by atoms with Gasteiger partial charge in [0.2, 0.25) is 23.6 Å². The monoisotopic (exact) mass is 1800 g/mol. The maximum absolute atomic E-state index is 13.1. The van der Waals surface area contributed by atoms with Crippen LogP contribution in [-0.2, 0) is 104 Å². The number of aliphatic hydroxyl groups is 29. The largest absolute Gasteiger partial charge is 0.394 e. The summed E-state index contributed by atoms with van der Waals surface area (Å²) < 4.78 is 107. The maximum atomic E-state index is 13.1. The molecule has 4 amide bonds. The molecule has 0 aromatic rings. The van der Waals surface area contributed by atoms with Gasteiger partial charge in [-0.3, -0.25) is 19.2 Å². The Morgan fingerprint density at radius 2 is 0.561 bits per heavy atom. The molecule has 0 unspecified atom stereocenters. The van der Waals surface area contributed by atoms with E-state index in [1.807, 2.05) is 0 Å². The second-order valence-corrected chi connectivity index (χ2v) is 30.7. The van der Waals surface area contributed by atoms with Gasteiger partial charge >= 0.3 is 0 Å². The van der Waals surface area contributed by atoms with Crippen LogP contribution in [0.4, 0.5) is 0 Å². The van der Waals surface area contributed by atoms with Gasteiger partial charge in [-0.25, -0.2) is 0 Å². The molecule has 0 spiro atoms. The molecule has 9 saturated heterocycles. The van der Waals surface area contributed by atoms with Crippen LogP contribution in [0.5, 0.6) is 0 Å². The van der Waals surface area contributed by atoms with Crippen molar-refractivity contribution in [3.8, 4) is 0 Å². The van der Waals surface area contributed by atoms with Crippen LogP contribution in [0.15, 0.2) is 0 Å². The van der Waals surface area contributed by atoms with Crippen molar-refractivity contribution in [2.45, 2.75) is 328 Å². The van der Waals surface area contributed by atoms with E-state index in [2.05, 4.69) is 21.3 Å². The summed E-state index contributed by atoms with van der Waals surface area (Å²) in [7, 11) is 0. The van der Waals surface area contributed by atoms with Crippen molar-refractivity contribution < 1.29 is 253 Å². The number of carbonyl (C=O) groups excluding carboxylic acids is 4. The first-order chi connectivity index (χ1) is 58.2. The molecule has 0 aromatic heterocycles. The molecule has 0 saturated carbocycles. The maximum Gasteiger partial charge on any atom is 0.217 e. The van der Waals surface area contributed by atoms with Crippen LogP contribution in [0, 0.1) is 0 Å². The summed E-state index contributed by atoms with van der Waals surface area (Å²) in [5, 5.41) is 331. The van der Waals surface area contributed by atoms with Crippen LogP contribution in [0.25, 0.3) is 0 Å². The fourth-order valence-corrected chi connectivity index (χ4v) is 15.5. The van der Waals surface area contributed by atoms with E-state index >= 15 is 0 Å². The first kappa shape index (κ1) is 103. The zero-order chi connectivity index (χ0) is 90.9. The number of ether oxygens (including phenoxy) is 18. The highest BCUT2D eigenvalue weighted by molar-refractivity contribution is 5.74. The Balaban J connectivity index is 1.05. The van der Waals surface area contributed by atoms with Gasteiger partial charge in [-0.05, 0) is 0 Å². The summed E-state index contributed by atoms with van der Waals surface area (Å²) >= 11 is 0. The summed E-state index contributed by atoms with van der Waals surface area (Å²) in [4.78, 5) is 51.2. The Kier molecular flexibility index (Phi) is 38.2. The molecule has 9 aliphatic rings. The average Bonchev–Trinajstić information content (AvgIpc) is 0.759. The van der Waals surface area contributed by atoms with Crippen LogP contribution < -0.4 is 21.3 Å². The standard InChI is InChI=1S/C68H116N4O51/c1-16(83)69-20(5-73)34(88)52(21(87)6-74)116-60-31(70-17(2)84)41(95)55(28(13-81)112-60)119-66-51(105)57(121-68-59(47(101)38(92)25(10-78)111-68)123-62-33(72-19(4)86)42(96)53(27(12-80)114-62)117-63-48(102)44(98)35(89)22(7-75)107-63)40(94)30(115-66)15-106-67-58(46(100)37(91)24(9-77)110-67)122-61-32(71-18(3)85)43(97)54(29(14-82)113-61)118-65-50(104)56(39(93)26(11-79)109-65)120-64-49(103)45(99)36(90)23(8-76)108-64/h20-68,73-82,87-105H,5-15H2,1-4H3,(H,69,83)(H,70,84)(H,71,85)(H,72,86)/t20-,21+,22+,23+,24+,25+,26+,27+,28+,29+,30+,31+,32+,33+,34+,35-,36-,37+,38+,39-,40+,41+,42+,43+,44-,45-,46-,47-,48+,49+,50+,51-,52+,53+,54+,55+,56-,57-,58-,59-,60-,61-,62-,63-,64+,65-,66-,67-,68+/m0/s1.